The molecule has 1 nitrogen and oxygen atoms in total. The summed E-state index contributed by atoms with van der Waals surface area (Å²) in [6.45, 7) is -0.189. The number of aryl methyl sites for hydroxylation is 1. The van der Waals surface area contributed by atoms with E-state index < -0.39 is 6.67 Å². The third kappa shape index (κ3) is 2.62. The summed E-state index contributed by atoms with van der Waals surface area (Å²) in [6.07, 6.45) is 1.64. The molecule has 66 valence electrons. The van der Waals surface area contributed by atoms with Crippen LogP contribution in [0.15, 0.2) is 24.3 Å². The summed E-state index contributed by atoms with van der Waals surface area (Å²) < 4.78 is 12.1. The summed E-state index contributed by atoms with van der Waals surface area (Å²) in [5, 5.41) is 8.57. The van der Waals surface area contributed by atoms with Crippen LogP contribution in [-0.4, -0.2) is 11.7 Å². The van der Waals surface area contributed by atoms with E-state index in [9.17, 15) is 4.39 Å². The summed E-state index contributed by atoms with van der Waals surface area (Å²) in [5.74, 6) is 0. The SMILES string of the molecule is OCCCc1ccc(CF)cc1. The molecule has 0 aliphatic rings. The Morgan fingerprint density at radius 3 is 2.17 bits per heavy atom. The highest BCUT2D eigenvalue weighted by Crippen LogP contribution is 2.07. The summed E-state index contributed by atoms with van der Waals surface area (Å²) >= 11 is 0. The van der Waals surface area contributed by atoms with Crippen LogP contribution >= 0.6 is 0 Å². The van der Waals surface area contributed by atoms with Crippen molar-refractivity contribution in [3.8, 4) is 0 Å². The Kier molecular flexibility index (Phi) is 3.74. The average molecular weight is 168 g/mol. The Hall–Kier alpha value is -0.890. The van der Waals surface area contributed by atoms with Gasteiger partial charge in [0.05, 0.1) is 0 Å². The number of aliphatic hydroxyl groups is 1. The fourth-order valence-electron chi connectivity index (χ4n) is 1.08. The Morgan fingerprint density at radius 1 is 1.08 bits per heavy atom. The molecule has 0 aliphatic carbocycles. The van der Waals surface area contributed by atoms with Gasteiger partial charge in [-0.05, 0) is 24.0 Å². The topological polar surface area (TPSA) is 20.2 Å². The van der Waals surface area contributed by atoms with Crippen molar-refractivity contribution in [3.63, 3.8) is 0 Å². The maximum Gasteiger partial charge on any atom is 0.115 e. The van der Waals surface area contributed by atoms with Gasteiger partial charge in [-0.3, -0.25) is 0 Å². The molecule has 1 N–H and O–H groups in total. The zero-order valence-corrected chi connectivity index (χ0v) is 6.96. The monoisotopic (exact) mass is 168 g/mol. The van der Waals surface area contributed by atoms with Crippen LogP contribution in [0.25, 0.3) is 0 Å². The molecule has 0 heterocycles. The van der Waals surface area contributed by atoms with E-state index in [1.54, 1.807) is 12.1 Å². The van der Waals surface area contributed by atoms with E-state index >= 15 is 0 Å². The fraction of sp³-hybridized carbons (Fsp3) is 0.400. The van der Waals surface area contributed by atoms with Gasteiger partial charge in [0.1, 0.15) is 6.67 Å². The van der Waals surface area contributed by atoms with E-state index in [-0.39, 0.29) is 6.61 Å². The number of alkyl halides is 1. The second kappa shape index (κ2) is 4.88. The second-order valence-corrected chi connectivity index (χ2v) is 2.78. The number of rotatable bonds is 4. The Balaban J connectivity index is 2.53. The first-order valence-electron chi connectivity index (χ1n) is 4.11. The number of hydrogen-bond acceptors (Lipinski definition) is 1. The quantitative estimate of drug-likeness (QED) is 0.729. The van der Waals surface area contributed by atoms with Gasteiger partial charge in [0.25, 0.3) is 0 Å². The predicted octanol–water partition coefficient (Wildman–Crippen LogP) is 2.08. The first-order chi connectivity index (χ1) is 5.86. The molecular weight excluding hydrogens is 155 g/mol. The van der Waals surface area contributed by atoms with Crippen LogP contribution in [-0.2, 0) is 13.1 Å². The van der Waals surface area contributed by atoms with Gasteiger partial charge < -0.3 is 5.11 Å². The Labute approximate surface area is 71.9 Å². The lowest BCUT2D eigenvalue weighted by molar-refractivity contribution is 0.288. The highest BCUT2D eigenvalue weighted by atomic mass is 19.1. The number of benzene rings is 1. The second-order valence-electron chi connectivity index (χ2n) is 2.78. The minimum atomic E-state index is -0.403. The van der Waals surface area contributed by atoms with Crippen molar-refractivity contribution in [1.82, 2.24) is 0 Å². The molecule has 0 fully saturated rings. The van der Waals surface area contributed by atoms with Crippen LogP contribution < -0.4 is 0 Å². The van der Waals surface area contributed by atoms with Crippen LogP contribution in [0, 0.1) is 0 Å². The summed E-state index contributed by atoms with van der Waals surface area (Å²) in [5.41, 5.74) is 1.86. The van der Waals surface area contributed by atoms with Crippen molar-refractivity contribution in [2.75, 3.05) is 6.61 Å². The molecule has 0 atom stereocenters. The van der Waals surface area contributed by atoms with Crippen molar-refractivity contribution in [2.45, 2.75) is 19.5 Å². The van der Waals surface area contributed by atoms with E-state index in [2.05, 4.69) is 0 Å². The molecule has 0 unspecified atom stereocenters. The van der Waals surface area contributed by atoms with Crippen LogP contribution in [0.5, 0.6) is 0 Å². The highest BCUT2D eigenvalue weighted by molar-refractivity contribution is 5.21. The van der Waals surface area contributed by atoms with Gasteiger partial charge in [-0.1, -0.05) is 24.3 Å². The van der Waals surface area contributed by atoms with Crippen molar-refractivity contribution in [2.24, 2.45) is 0 Å². The molecule has 0 amide bonds. The molecule has 1 aromatic rings. The fourth-order valence-corrected chi connectivity index (χ4v) is 1.08. The minimum Gasteiger partial charge on any atom is -0.396 e. The normalized spacial score (nSPS) is 10.2. The Morgan fingerprint density at radius 2 is 1.67 bits per heavy atom. The number of hydrogen-bond donors (Lipinski definition) is 1. The van der Waals surface area contributed by atoms with E-state index in [1.165, 1.54) is 0 Å². The van der Waals surface area contributed by atoms with Crippen LogP contribution in [0.2, 0.25) is 0 Å². The van der Waals surface area contributed by atoms with Gasteiger partial charge in [-0.25, -0.2) is 4.39 Å². The first-order valence-corrected chi connectivity index (χ1v) is 4.11. The maximum absolute atomic E-state index is 12.1. The molecule has 2 heteroatoms. The van der Waals surface area contributed by atoms with Gasteiger partial charge in [0.15, 0.2) is 0 Å². The molecule has 0 spiro atoms. The van der Waals surface area contributed by atoms with Crippen LogP contribution in [0.4, 0.5) is 4.39 Å². The van der Waals surface area contributed by atoms with Gasteiger partial charge in [0, 0.05) is 6.61 Å². The van der Waals surface area contributed by atoms with E-state index in [1.807, 2.05) is 12.1 Å². The van der Waals surface area contributed by atoms with Gasteiger partial charge in [-0.15, -0.1) is 0 Å². The molecule has 0 aliphatic heterocycles. The minimum absolute atomic E-state index is 0.213. The van der Waals surface area contributed by atoms with E-state index in [4.69, 9.17) is 5.11 Å². The average Bonchev–Trinajstić information content (AvgIpc) is 2.15. The molecule has 0 bridgehead atoms. The molecule has 0 saturated heterocycles. The smallest absolute Gasteiger partial charge is 0.115 e. The van der Waals surface area contributed by atoms with Crippen LogP contribution in [0.3, 0.4) is 0 Å². The zero-order chi connectivity index (χ0) is 8.81. The van der Waals surface area contributed by atoms with Crippen molar-refractivity contribution >= 4 is 0 Å². The highest BCUT2D eigenvalue weighted by Gasteiger charge is 1.93. The lowest BCUT2D eigenvalue weighted by atomic mass is 10.1. The maximum atomic E-state index is 12.1. The van der Waals surface area contributed by atoms with Gasteiger partial charge in [-0.2, -0.15) is 0 Å². The molecule has 1 aromatic carbocycles. The molecule has 12 heavy (non-hydrogen) atoms. The molecular formula is C10H13FO. The summed E-state index contributed by atoms with van der Waals surface area (Å²) in [6, 6.07) is 7.38. The number of halogens is 1. The molecule has 0 aromatic heterocycles. The van der Waals surface area contributed by atoms with E-state index in [0.29, 0.717) is 5.56 Å². The van der Waals surface area contributed by atoms with Gasteiger partial charge >= 0.3 is 0 Å². The predicted molar refractivity (Wildman–Crippen MR) is 46.7 cm³/mol. The lowest BCUT2D eigenvalue weighted by Gasteiger charge is -1.99. The van der Waals surface area contributed by atoms with Gasteiger partial charge in [0.2, 0.25) is 0 Å². The lowest BCUT2D eigenvalue weighted by Crippen LogP contribution is -1.89. The van der Waals surface area contributed by atoms with Crippen molar-refractivity contribution in [3.05, 3.63) is 35.4 Å². The molecule has 0 saturated carbocycles. The summed E-state index contributed by atoms with van der Waals surface area (Å²) in [7, 11) is 0. The summed E-state index contributed by atoms with van der Waals surface area (Å²) in [4.78, 5) is 0. The van der Waals surface area contributed by atoms with Crippen LogP contribution in [0.1, 0.15) is 17.5 Å². The molecule has 0 radical (unpaired) electrons. The van der Waals surface area contributed by atoms with Crippen molar-refractivity contribution in [1.29, 1.82) is 0 Å². The standard InChI is InChI=1S/C10H13FO/c11-8-10-5-3-9(4-6-10)2-1-7-12/h3-6,12H,1-2,7-8H2. The first kappa shape index (κ1) is 9.20. The van der Waals surface area contributed by atoms with E-state index in [0.717, 1.165) is 18.4 Å². The van der Waals surface area contributed by atoms with Crippen molar-refractivity contribution < 1.29 is 9.50 Å². The third-order valence-electron chi connectivity index (χ3n) is 1.80. The largest absolute Gasteiger partial charge is 0.396 e. The Bertz CT molecular complexity index is 218. The zero-order valence-electron chi connectivity index (χ0n) is 6.96. The molecule has 1 rings (SSSR count). The number of aliphatic hydroxyl groups excluding tert-OH is 1. The third-order valence-corrected chi connectivity index (χ3v) is 1.80.